The summed E-state index contributed by atoms with van der Waals surface area (Å²) in [6, 6.07) is 2.60. The molecule has 0 fully saturated rings. The molecule has 1 aromatic heterocycles. The minimum absolute atomic E-state index is 0.274. The van der Waals surface area contributed by atoms with E-state index in [0.29, 0.717) is 12.0 Å². The predicted molar refractivity (Wildman–Crippen MR) is 73.5 cm³/mol. The molecule has 1 aliphatic carbocycles. The van der Waals surface area contributed by atoms with Crippen molar-refractivity contribution in [1.82, 2.24) is 0 Å². The molecule has 0 amide bonds. The molecule has 1 aromatic rings. The number of methoxy groups -OCH3 is 1. The van der Waals surface area contributed by atoms with Gasteiger partial charge in [0.1, 0.15) is 0 Å². The topological polar surface area (TPSA) is 35.2 Å². The fourth-order valence-electron chi connectivity index (χ4n) is 2.39. The molecule has 2 nitrogen and oxygen atoms in total. The number of thiophene rings is 1. The van der Waals surface area contributed by atoms with Crippen molar-refractivity contribution in [2.24, 2.45) is 11.7 Å². The lowest BCUT2D eigenvalue weighted by atomic mass is 9.95. The fourth-order valence-corrected chi connectivity index (χ4v) is 3.72. The van der Waals surface area contributed by atoms with Gasteiger partial charge in [-0.15, -0.1) is 11.3 Å². The van der Waals surface area contributed by atoms with E-state index >= 15 is 0 Å². The van der Waals surface area contributed by atoms with Crippen LogP contribution in [0.4, 0.5) is 0 Å². The summed E-state index contributed by atoms with van der Waals surface area (Å²) >= 11 is 1.94. The van der Waals surface area contributed by atoms with E-state index in [0.717, 1.165) is 12.8 Å². The molecule has 17 heavy (non-hydrogen) atoms. The maximum atomic E-state index is 6.15. The molecule has 96 valence electrons. The van der Waals surface area contributed by atoms with Crippen LogP contribution in [0.2, 0.25) is 0 Å². The van der Waals surface area contributed by atoms with Gasteiger partial charge in [0.05, 0.1) is 6.10 Å². The number of ether oxygens (including phenoxy) is 1. The van der Waals surface area contributed by atoms with E-state index in [-0.39, 0.29) is 6.04 Å². The second kappa shape index (κ2) is 5.51. The zero-order chi connectivity index (χ0) is 12.4. The number of rotatable bonds is 4. The van der Waals surface area contributed by atoms with Crippen LogP contribution in [0.25, 0.3) is 0 Å². The Morgan fingerprint density at radius 2 is 2.29 bits per heavy atom. The molecule has 0 saturated carbocycles. The van der Waals surface area contributed by atoms with Gasteiger partial charge in [0, 0.05) is 22.9 Å². The number of hydrogen-bond acceptors (Lipinski definition) is 3. The largest absolute Gasteiger partial charge is 0.377 e. The number of fused-ring (bicyclic) bond motifs is 1. The highest BCUT2D eigenvalue weighted by Crippen LogP contribution is 2.37. The van der Waals surface area contributed by atoms with E-state index < -0.39 is 0 Å². The molecule has 1 heterocycles. The summed E-state index contributed by atoms with van der Waals surface area (Å²) in [6.07, 6.45) is 4.96. The maximum absolute atomic E-state index is 6.15. The van der Waals surface area contributed by atoms with Crippen LogP contribution in [0.1, 0.15) is 48.1 Å². The normalized spacial score (nSPS) is 21.6. The lowest BCUT2D eigenvalue weighted by Gasteiger charge is -2.20. The van der Waals surface area contributed by atoms with E-state index in [4.69, 9.17) is 10.5 Å². The van der Waals surface area contributed by atoms with Crippen molar-refractivity contribution in [3.05, 3.63) is 21.4 Å². The smallest absolute Gasteiger partial charge is 0.0832 e. The van der Waals surface area contributed by atoms with Crippen LogP contribution in [0.15, 0.2) is 6.07 Å². The zero-order valence-corrected chi connectivity index (χ0v) is 11.8. The molecular weight excluding hydrogens is 230 g/mol. The van der Waals surface area contributed by atoms with Crippen LogP contribution >= 0.6 is 11.3 Å². The highest BCUT2D eigenvalue weighted by Gasteiger charge is 2.23. The van der Waals surface area contributed by atoms with Crippen molar-refractivity contribution in [2.75, 3.05) is 7.11 Å². The van der Waals surface area contributed by atoms with Crippen molar-refractivity contribution in [1.29, 1.82) is 0 Å². The second-order valence-corrected chi connectivity index (χ2v) is 6.54. The summed E-state index contributed by atoms with van der Waals surface area (Å²) in [4.78, 5) is 2.95. The van der Waals surface area contributed by atoms with Crippen molar-refractivity contribution >= 4 is 11.3 Å². The third-order valence-electron chi connectivity index (χ3n) is 3.69. The molecule has 2 unspecified atom stereocenters. The van der Waals surface area contributed by atoms with Crippen LogP contribution in [-0.4, -0.2) is 13.2 Å². The van der Waals surface area contributed by atoms with Crippen molar-refractivity contribution in [3.63, 3.8) is 0 Å². The van der Waals surface area contributed by atoms with Gasteiger partial charge in [0.15, 0.2) is 0 Å². The third-order valence-corrected chi connectivity index (χ3v) is 4.92. The maximum Gasteiger partial charge on any atom is 0.0832 e. The van der Waals surface area contributed by atoms with E-state index in [1.165, 1.54) is 28.2 Å². The van der Waals surface area contributed by atoms with Crippen molar-refractivity contribution < 1.29 is 4.74 Å². The van der Waals surface area contributed by atoms with Crippen LogP contribution in [0.3, 0.4) is 0 Å². The SMILES string of the molecule is COC1CCCc2sc(CC(N)C(C)C)cc21. The molecule has 3 heteroatoms. The van der Waals surface area contributed by atoms with E-state index in [9.17, 15) is 0 Å². The molecular formula is C14H23NOS. The van der Waals surface area contributed by atoms with E-state index in [1.54, 1.807) is 0 Å². The Bertz CT molecular complexity index is 372. The Balaban J connectivity index is 2.13. The van der Waals surface area contributed by atoms with Crippen LogP contribution in [-0.2, 0) is 17.6 Å². The average molecular weight is 253 g/mol. The summed E-state index contributed by atoms with van der Waals surface area (Å²) in [6.45, 7) is 4.38. The standard InChI is InChI=1S/C14H23NOS/c1-9(2)12(15)8-10-7-11-13(16-3)5-4-6-14(11)17-10/h7,9,12-13H,4-6,8,15H2,1-3H3. The minimum atomic E-state index is 0.274. The molecule has 0 aromatic carbocycles. The Morgan fingerprint density at radius 1 is 1.53 bits per heavy atom. The van der Waals surface area contributed by atoms with E-state index in [1.807, 2.05) is 18.4 Å². The molecule has 0 radical (unpaired) electrons. The van der Waals surface area contributed by atoms with Crippen LogP contribution in [0, 0.1) is 5.92 Å². The lowest BCUT2D eigenvalue weighted by Crippen LogP contribution is -2.28. The molecule has 2 atom stereocenters. The van der Waals surface area contributed by atoms with Gasteiger partial charge in [-0.3, -0.25) is 0 Å². The predicted octanol–water partition coefficient (Wildman–Crippen LogP) is 3.30. The van der Waals surface area contributed by atoms with Gasteiger partial charge in [-0.2, -0.15) is 0 Å². The lowest BCUT2D eigenvalue weighted by molar-refractivity contribution is 0.0888. The molecule has 2 rings (SSSR count). The molecule has 0 bridgehead atoms. The molecule has 1 aliphatic rings. The van der Waals surface area contributed by atoms with Crippen molar-refractivity contribution in [3.8, 4) is 0 Å². The van der Waals surface area contributed by atoms with Gasteiger partial charge in [0.2, 0.25) is 0 Å². The Morgan fingerprint density at radius 3 is 2.94 bits per heavy atom. The molecule has 0 saturated heterocycles. The Kier molecular flexibility index (Phi) is 4.23. The second-order valence-electron chi connectivity index (χ2n) is 5.32. The first-order chi connectivity index (χ1) is 8.11. The average Bonchev–Trinajstić information content (AvgIpc) is 2.70. The van der Waals surface area contributed by atoms with Gasteiger partial charge >= 0.3 is 0 Å². The van der Waals surface area contributed by atoms with Gasteiger partial charge < -0.3 is 10.5 Å². The summed E-state index contributed by atoms with van der Waals surface area (Å²) in [7, 11) is 1.82. The van der Waals surface area contributed by atoms with Crippen LogP contribution in [0.5, 0.6) is 0 Å². The fraction of sp³-hybridized carbons (Fsp3) is 0.714. The van der Waals surface area contributed by atoms with Gasteiger partial charge in [-0.25, -0.2) is 0 Å². The monoisotopic (exact) mass is 253 g/mol. The summed E-state index contributed by atoms with van der Waals surface area (Å²) in [5.74, 6) is 0.548. The van der Waals surface area contributed by atoms with Gasteiger partial charge in [-0.1, -0.05) is 13.8 Å². The minimum Gasteiger partial charge on any atom is -0.377 e. The molecule has 0 spiro atoms. The molecule has 0 aliphatic heterocycles. The highest BCUT2D eigenvalue weighted by molar-refractivity contribution is 7.12. The molecule has 2 N–H and O–H groups in total. The summed E-state index contributed by atoms with van der Waals surface area (Å²) in [5.41, 5.74) is 7.57. The first-order valence-electron chi connectivity index (χ1n) is 6.51. The Labute approximate surface area is 108 Å². The van der Waals surface area contributed by atoms with Crippen LogP contribution < -0.4 is 5.73 Å². The number of hydrogen-bond donors (Lipinski definition) is 1. The van der Waals surface area contributed by atoms with E-state index in [2.05, 4.69) is 19.9 Å². The Hall–Kier alpha value is -0.380. The quantitative estimate of drug-likeness (QED) is 0.893. The first kappa shape index (κ1) is 13.1. The first-order valence-corrected chi connectivity index (χ1v) is 7.33. The highest BCUT2D eigenvalue weighted by atomic mass is 32.1. The number of aryl methyl sites for hydroxylation is 1. The number of nitrogens with two attached hydrogens (primary N) is 1. The summed E-state index contributed by atoms with van der Waals surface area (Å²) < 4.78 is 5.56. The van der Waals surface area contributed by atoms with Crippen molar-refractivity contribution in [2.45, 2.75) is 51.7 Å². The van der Waals surface area contributed by atoms with Gasteiger partial charge in [0.25, 0.3) is 0 Å². The zero-order valence-electron chi connectivity index (χ0n) is 11.0. The van der Waals surface area contributed by atoms with Gasteiger partial charge in [-0.05, 0) is 43.2 Å². The summed E-state index contributed by atoms with van der Waals surface area (Å²) in [5, 5.41) is 0. The third kappa shape index (κ3) is 2.90.